The minimum absolute atomic E-state index is 0.106. The third-order valence-electron chi connectivity index (χ3n) is 2.07. The molecule has 2 rings (SSSR count). The second-order valence-electron chi connectivity index (χ2n) is 3.35. The highest BCUT2D eigenvalue weighted by Gasteiger charge is 2.05. The zero-order valence-corrected chi connectivity index (χ0v) is 9.02. The van der Waals surface area contributed by atoms with E-state index in [0.29, 0.717) is 5.02 Å². The van der Waals surface area contributed by atoms with Crippen LogP contribution in [-0.2, 0) is 0 Å². The molecule has 0 bridgehead atoms. The third kappa shape index (κ3) is 2.16. The van der Waals surface area contributed by atoms with Gasteiger partial charge in [0.1, 0.15) is 0 Å². The van der Waals surface area contributed by atoms with Crippen molar-refractivity contribution in [1.29, 1.82) is 0 Å². The number of nitrogens with zero attached hydrogens (tertiary/aromatic N) is 3. The number of rotatable bonds is 2. The molecule has 0 radical (unpaired) electrons. The van der Waals surface area contributed by atoms with Gasteiger partial charge in [0.2, 0.25) is 0 Å². The molecule has 0 fully saturated rings. The maximum Gasteiger partial charge on any atom is 0.0995 e. The van der Waals surface area contributed by atoms with Crippen LogP contribution in [0.15, 0.2) is 30.5 Å². The van der Waals surface area contributed by atoms with Crippen molar-refractivity contribution in [2.75, 3.05) is 0 Å². The van der Waals surface area contributed by atoms with Gasteiger partial charge >= 0.3 is 0 Å². The van der Waals surface area contributed by atoms with E-state index in [1.165, 1.54) is 0 Å². The van der Waals surface area contributed by atoms with E-state index in [2.05, 4.69) is 10.3 Å². The topological polar surface area (TPSA) is 56.7 Å². The molecule has 0 spiro atoms. The summed E-state index contributed by atoms with van der Waals surface area (Å²) in [5.41, 5.74) is 7.38. The largest absolute Gasteiger partial charge is 0.323 e. The van der Waals surface area contributed by atoms with Gasteiger partial charge in [-0.1, -0.05) is 16.8 Å². The van der Waals surface area contributed by atoms with Gasteiger partial charge < -0.3 is 5.73 Å². The number of hydrogen-bond acceptors (Lipinski definition) is 3. The molecule has 78 valence electrons. The molecule has 1 aromatic carbocycles. The second kappa shape index (κ2) is 4.00. The van der Waals surface area contributed by atoms with E-state index in [-0.39, 0.29) is 6.04 Å². The van der Waals surface area contributed by atoms with Crippen molar-refractivity contribution in [2.24, 2.45) is 5.73 Å². The van der Waals surface area contributed by atoms with Crippen LogP contribution in [0.2, 0.25) is 5.02 Å². The monoisotopic (exact) mass is 222 g/mol. The summed E-state index contributed by atoms with van der Waals surface area (Å²) >= 11 is 5.79. The maximum absolute atomic E-state index is 5.79. The number of hydrogen-bond donors (Lipinski definition) is 1. The molecule has 1 atom stereocenters. The third-order valence-corrected chi connectivity index (χ3v) is 2.32. The zero-order valence-electron chi connectivity index (χ0n) is 8.26. The number of benzene rings is 1. The Morgan fingerprint density at radius 3 is 2.53 bits per heavy atom. The first-order valence-corrected chi connectivity index (χ1v) is 4.98. The summed E-state index contributed by atoms with van der Waals surface area (Å²) in [5.74, 6) is 0. The Labute approximate surface area is 92.7 Å². The zero-order chi connectivity index (χ0) is 10.8. The fourth-order valence-corrected chi connectivity index (χ4v) is 1.33. The van der Waals surface area contributed by atoms with E-state index in [1.54, 1.807) is 4.68 Å². The Morgan fingerprint density at radius 1 is 1.33 bits per heavy atom. The Bertz CT molecular complexity index is 447. The quantitative estimate of drug-likeness (QED) is 0.845. The van der Waals surface area contributed by atoms with Crippen molar-refractivity contribution in [3.05, 3.63) is 41.2 Å². The van der Waals surface area contributed by atoms with Gasteiger partial charge in [0, 0.05) is 11.1 Å². The van der Waals surface area contributed by atoms with Gasteiger partial charge in [0.05, 0.1) is 17.6 Å². The Morgan fingerprint density at radius 2 is 2.00 bits per heavy atom. The van der Waals surface area contributed by atoms with Gasteiger partial charge in [-0.25, -0.2) is 4.68 Å². The van der Waals surface area contributed by atoms with Gasteiger partial charge in [0.15, 0.2) is 0 Å². The van der Waals surface area contributed by atoms with E-state index >= 15 is 0 Å². The molecule has 0 saturated carbocycles. The molecule has 15 heavy (non-hydrogen) atoms. The van der Waals surface area contributed by atoms with Crippen molar-refractivity contribution in [3.8, 4) is 5.69 Å². The summed E-state index contributed by atoms with van der Waals surface area (Å²) < 4.78 is 1.68. The predicted molar refractivity (Wildman–Crippen MR) is 59.0 cm³/mol. The minimum Gasteiger partial charge on any atom is -0.323 e. The van der Waals surface area contributed by atoms with Crippen molar-refractivity contribution in [2.45, 2.75) is 13.0 Å². The highest BCUT2D eigenvalue weighted by atomic mass is 35.5. The Hall–Kier alpha value is -1.39. The smallest absolute Gasteiger partial charge is 0.0995 e. The van der Waals surface area contributed by atoms with Crippen LogP contribution < -0.4 is 5.73 Å². The molecule has 0 aliphatic heterocycles. The van der Waals surface area contributed by atoms with Gasteiger partial charge in [-0.3, -0.25) is 0 Å². The number of aromatic nitrogens is 3. The molecule has 1 unspecified atom stereocenters. The molecule has 0 amide bonds. The van der Waals surface area contributed by atoms with E-state index < -0.39 is 0 Å². The van der Waals surface area contributed by atoms with Crippen molar-refractivity contribution in [1.82, 2.24) is 15.0 Å². The molecular weight excluding hydrogens is 212 g/mol. The van der Waals surface area contributed by atoms with Crippen LogP contribution in [0, 0.1) is 0 Å². The molecule has 0 saturated heterocycles. The summed E-state index contributed by atoms with van der Waals surface area (Å²) in [4.78, 5) is 0. The van der Waals surface area contributed by atoms with Crippen LogP contribution in [0.4, 0.5) is 0 Å². The second-order valence-corrected chi connectivity index (χ2v) is 3.79. The summed E-state index contributed by atoms with van der Waals surface area (Å²) in [6, 6.07) is 7.27. The Balaban J connectivity index is 2.33. The molecule has 2 N–H and O–H groups in total. The Kier molecular flexibility index (Phi) is 2.70. The SMILES string of the molecule is CC(N)c1cn(-c2ccc(Cl)cc2)nn1. The van der Waals surface area contributed by atoms with Gasteiger partial charge in [0.25, 0.3) is 0 Å². The summed E-state index contributed by atoms with van der Waals surface area (Å²) in [6.45, 7) is 1.87. The molecule has 0 aliphatic carbocycles. The van der Waals surface area contributed by atoms with Crippen LogP contribution in [0.5, 0.6) is 0 Å². The van der Waals surface area contributed by atoms with E-state index in [9.17, 15) is 0 Å². The maximum atomic E-state index is 5.79. The lowest BCUT2D eigenvalue weighted by atomic mass is 10.3. The van der Waals surface area contributed by atoms with Crippen molar-refractivity contribution in [3.63, 3.8) is 0 Å². The number of nitrogens with two attached hydrogens (primary N) is 1. The molecule has 2 aromatic rings. The average Bonchev–Trinajstić information content (AvgIpc) is 2.68. The fourth-order valence-electron chi connectivity index (χ4n) is 1.21. The molecule has 0 aliphatic rings. The lowest BCUT2D eigenvalue weighted by Gasteiger charge is -1.99. The molecule has 1 heterocycles. The molecule has 5 heteroatoms. The van der Waals surface area contributed by atoms with E-state index in [0.717, 1.165) is 11.4 Å². The predicted octanol–water partition coefficient (Wildman–Crippen LogP) is 1.94. The normalized spacial score (nSPS) is 12.7. The summed E-state index contributed by atoms with van der Waals surface area (Å²) in [5, 5.41) is 8.65. The first-order valence-electron chi connectivity index (χ1n) is 4.60. The van der Waals surface area contributed by atoms with Crippen LogP contribution >= 0.6 is 11.6 Å². The standard InChI is InChI=1S/C10H11ClN4/c1-7(12)10-6-15(14-13-10)9-4-2-8(11)3-5-9/h2-7H,12H2,1H3. The van der Waals surface area contributed by atoms with Crippen molar-refractivity contribution < 1.29 is 0 Å². The van der Waals surface area contributed by atoms with Crippen LogP contribution in [0.3, 0.4) is 0 Å². The molecule has 1 aromatic heterocycles. The van der Waals surface area contributed by atoms with Crippen molar-refractivity contribution >= 4 is 11.6 Å². The number of halogens is 1. The highest BCUT2D eigenvalue weighted by Crippen LogP contribution is 2.13. The lowest BCUT2D eigenvalue weighted by Crippen LogP contribution is -2.04. The summed E-state index contributed by atoms with van der Waals surface area (Å²) in [7, 11) is 0. The van der Waals surface area contributed by atoms with Crippen LogP contribution in [0.1, 0.15) is 18.7 Å². The summed E-state index contributed by atoms with van der Waals surface area (Å²) in [6.07, 6.45) is 1.81. The van der Waals surface area contributed by atoms with Gasteiger partial charge in [-0.15, -0.1) is 5.10 Å². The minimum atomic E-state index is -0.106. The van der Waals surface area contributed by atoms with E-state index in [4.69, 9.17) is 17.3 Å². The van der Waals surface area contributed by atoms with Gasteiger partial charge in [-0.2, -0.15) is 0 Å². The average molecular weight is 223 g/mol. The fraction of sp³-hybridized carbons (Fsp3) is 0.200. The first kappa shape index (κ1) is 10.1. The van der Waals surface area contributed by atoms with Crippen LogP contribution in [-0.4, -0.2) is 15.0 Å². The molecular formula is C10H11ClN4. The van der Waals surface area contributed by atoms with E-state index in [1.807, 2.05) is 37.4 Å². The molecule has 4 nitrogen and oxygen atoms in total. The lowest BCUT2D eigenvalue weighted by molar-refractivity contribution is 0.756. The van der Waals surface area contributed by atoms with Crippen LogP contribution in [0.25, 0.3) is 5.69 Å². The first-order chi connectivity index (χ1) is 7.16. The highest BCUT2D eigenvalue weighted by molar-refractivity contribution is 6.30. The van der Waals surface area contributed by atoms with Gasteiger partial charge in [-0.05, 0) is 31.2 Å².